The Morgan fingerprint density at radius 2 is 2.00 bits per heavy atom. The predicted octanol–water partition coefficient (Wildman–Crippen LogP) is 1.90. The Kier molecular flexibility index (Phi) is 4.95. The van der Waals surface area contributed by atoms with Crippen molar-refractivity contribution < 1.29 is 4.79 Å². The second kappa shape index (κ2) is 7.54. The van der Waals surface area contributed by atoms with Crippen molar-refractivity contribution in [3.8, 4) is 0 Å². The van der Waals surface area contributed by atoms with Crippen LogP contribution in [-0.2, 0) is 16.9 Å². The highest BCUT2D eigenvalue weighted by molar-refractivity contribution is 7.80. The molecule has 31 heavy (non-hydrogen) atoms. The summed E-state index contributed by atoms with van der Waals surface area (Å²) in [4.78, 5) is 14.7. The summed E-state index contributed by atoms with van der Waals surface area (Å²) in [5.41, 5.74) is 7.39. The van der Waals surface area contributed by atoms with Gasteiger partial charge in [0.1, 0.15) is 0 Å². The van der Waals surface area contributed by atoms with Crippen molar-refractivity contribution >= 4 is 28.9 Å². The third-order valence-corrected chi connectivity index (χ3v) is 7.63. The first-order chi connectivity index (χ1) is 14.9. The summed E-state index contributed by atoms with van der Waals surface area (Å²) in [6.45, 7) is 4.81. The number of nitrogens with zero attached hydrogens (tertiary/aromatic N) is 6. The molecule has 0 aliphatic heterocycles. The SMILES string of the molecule is CCn1ncc(NC(=S)NNC(=O)CC23CC4CC(C2)CC(n2ncnn2)(C4)C3)c1C. The number of tetrazole rings is 1. The molecule has 6 rings (SSSR count). The van der Waals surface area contributed by atoms with E-state index in [0.717, 1.165) is 50.0 Å². The number of amides is 1. The molecule has 4 fully saturated rings. The Morgan fingerprint density at radius 1 is 1.23 bits per heavy atom. The lowest BCUT2D eigenvalue weighted by Gasteiger charge is -2.61. The zero-order valence-electron chi connectivity index (χ0n) is 18.0. The van der Waals surface area contributed by atoms with Crippen LogP contribution in [0.4, 0.5) is 5.69 Å². The zero-order valence-corrected chi connectivity index (χ0v) is 18.8. The highest BCUT2D eigenvalue weighted by Crippen LogP contribution is 2.64. The third-order valence-electron chi connectivity index (χ3n) is 7.43. The standard InChI is InChI=1S/C20H29N9OS/c1-3-28-13(2)16(10-22-28)24-18(31)26-25-17(30)9-19-5-14-4-15(6-19)8-20(7-14,11-19)29-23-12-21-27-29/h10,12,14-15H,3-9,11H2,1-2H3,(H,25,30)(H2,24,26,31). The van der Waals surface area contributed by atoms with Crippen LogP contribution in [0.2, 0.25) is 0 Å². The van der Waals surface area contributed by atoms with Gasteiger partial charge < -0.3 is 5.32 Å². The molecular weight excluding hydrogens is 414 g/mol. The first-order valence-electron chi connectivity index (χ1n) is 11.0. The summed E-state index contributed by atoms with van der Waals surface area (Å²) in [6.07, 6.45) is 10.3. The van der Waals surface area contributed by atoms with Crippen molar-refractivity contribution in [3.05, 3.63) is 18.2 Å². The fourth-order valence-electron chi connectivity index (χ4n) is 6.78. The lowest BCUT2D eigenvalue weighted by molar-refractivity contribution is -0.139. The highest BCUT2D eigenvalue weighted by Gasteiger charge is 2.59. The topological polar surface area (TPSA) is 115 Å². The molecule has 4 saturated carbocycles. The second-order valence-corrected chi connectivity index (χ2v) is 10.1. The van der Waals surface area contributed by atoms with Gasteiger partial charge in [0.2, 0.25) is 5.91 Å². The number of thiocarbonyl (C=S) groups is 1. The van der Waals surface area contributed by atoms with E-state index in [9.17, 15) is 4.79 Å². The molecule has 2 aromatic rings. The molecule has 2 aromatic heterocycles. The second-order valence-electron chi connectivity index (χ2n) is 9.67. The molecule has 11 heteroatoms. The lowest BCUT2D eigenvalue weighted by Crippen LogP contribution is -2.58. The number of aromatic nitrogens is 6. The largest absolute Gasteiger partial charge is 0.329 e. The fraction of sp³-hybridized carbons (Fsp3) is 0.700. The molecule has 2 unspecified atom stereocenters. The number of hydrogen-bond donors (Lipinski definition) is 3. The Labute approximate surface area is 186 Å². The third kappa shape index (κ3) is 3.68. The van der Waals surface area contributed by atoms with Crippen molar-refractivity contribution in [1.82, 2.24) is 40.8 Å². The van der Waals surface area contributed by atoms with E-state index < -0.39 is 0 Å². The van der Waals surface area contributed by atoms with Crippen LogP contribution in [0.25, 0.3) is 0 Å². The van der Waals surface area contributed by atoms with Crippen LogP contribution in [0.15, 0.2) is 12.5 Å². The van der Waals surface area contributed by atoms with Crippen molar-refractivity contribution in [2.24, 2.45) is 17.3 Å². The highest BCUT2D eigenvalue weighted by atomic mass is 32.1. The van der Waals surface area contributed by atoms with E-state index in [0.29, 0.717) is 23.4 Å². The van der Waals surface area contributed by atoms with Crippen LogP contribution >= 0.6 is 12.2 Å². The average molecular weight is 444 g/mol. The molecule has 4 bridgehead atoms. The minimum absolute atomic E-state index is 0.00260. The summed E-state index contributed by atoms with van der Waals surface area (Å²) in [5, 5.41) is 20.3. The van der Waals surface area contributed by atoms with Gasteiger partial charge in [0.15, 0.2) is 11.4 Å². The Hall–Kier alpha value is -2.56. The molecule has 0 radical (unpaired) electrons. The van der Waals surface area contributed by atoms with Crippen molar-refractivity contribution in [2.75, 3.05) is 5.32 Å². The van der Waals surface area contributed by atoms with Crippen molar-refractivity contribution in [1.29, 1.82) is 0 Å². The van der Waals surface area contributed by atoms with E-state index in [-0.39, 0.29) is 16.9 Å². The van der Waals surface area contributed by atoms with Crippen LogP contribution in [0.5, 0.6) is 0 Å². The molecule has 0 saturated heterocycles. The van der Waals surface area contributed by atoms with E-state index in [1.54, 1.807) is 6.20 Å². The van der Waals surface area contributed by atoms with Gasteiger partial charge in [0.25, 0.3) is 0 Å². The van der Waals surface area contributed by atoms with Crippen LogP contribution in [-0.4, -0.2) is 41.0 Å². The Morgan fingerprint density at radius 3 is 2.65 bits per heavy atom. The maximum atomic E-state index is 12.9. The van der Waals surface area contributed by atoms with Gasteiger partial charge in [0, 0.05) is 13.0 Å². The number of carbonyl (C=O) groups excluding carboxylic acids is 1. The van der Waals surface area contributed by atoms with Crippen LogP contribution in [0.1, 0.15) is 57.6 Å². The maximum Gasteiger partial charge on any atom is 0.238 e. The number of hydrogen-bond acceptors (Lipinski definition) is 6. The first-order valence-corrected chi connectivity index (χ1v) is 11.4. The Bertz CT molecular complexity index is 971. The van der Waals surface area contributed by atoms with Gasteiger partial charge in [0.05, 0.1) is 23.1 Å². The lowest BCUT2D eigenvalue weighted by atomic mass is 9.46. The van der Waals surface area contributed by atoms with Gasteiger partial charge >= 0.3 is 0 Å². The number of hydrazine groups is 1. The molecule has 4 aliphatic carbocycles. The van der Waals surface area contributed by atoms with Crippen molar-refractivity contribution in [3.63, 3.8) is 0 Å². The predicted molar refractivity (Wildman–Crippen MR) is 118 cm³/mol. The van der Waals surface area contributed by atoms with Gasteiger partial charge in [-0.15, -0.1) is 10.2 Å². The molecular formula is C20H29N9OS. The van der Waals surface area contributed by atoms with E-state index in [1.807, 2.05) is 23.3 Å². The number of aryl methyl sites for hydroxylation is 1. The molecule has 2 heterocycles. The molecule has 0 spiro atoms. The maximum absolute atomic E-state index is 12.9. The zero-order chi connectivity index (χ0) is 21.6. The smallest absolute Gasteiger partial charge is 0.238 e. The van der Waals surface area contributed by atoms with Gasteiger partial charge in [-0.3, -0.25) is 20.3 Å². The summed E-state index contributed by atoms with van der Waals surface area (Å²) in [6, 6.07) is 0. The molecule has 166 valence electrons. The summed E-state index contributed by atoms with van der Waals surface area (Å²) in [5.74, 6) is 1.23. The van der Waals surface area contributed by atoms with E-state index in [1.165, 1.54) is 12.7 Å². The summed E-state index contributed by atoms with van der Waals surface area (Å²) in [7, 11) is 0. The van der Waals surface area contributed by atoms with Crippen LogP contribution < -0.4 is 16.2 Å². The fourth-order valence-corrected chi connectivity index (χ4v) is 6.94. The van der Waals surface area contributed by atoms with E-state index in [2.05, 4.69) is 36.7 Å². The first kappa shape index (κ1) is 20.3. The molecule has 0 aromatic carbocycles. The van der Waals surface area contributed by atoms with Gasteiger partial charge in [-0.25, -0.2) is 0 Å². The summed E-state index contributed by atoms with van der Waals surface area (Å²) < 4.78 is 1.89. The normalized spacial score (nSPS) is 30.9. The summed E-state index contributed by atoms with van der Waals surface area (Å²) >= 11 is 5.35. The van der Waals surface area contributed by atoms with Crippen molar-refractivity contribution in [2.45, 2.75) is 70.9 Å². The molecule has 3 N–H and O–H groups in total. The van der Waals surface area contributed by atoms with Crippen LogP contribution in [0, 0.1) is 24.2 Å². The van der Waals surface area contributed by atoms with Gasteiger partial charge in [-0.05, 0) is 87.1 Å². The Balaban J connectivity index is 1.20. The van der Waals surface area contributed by atoms with Gasteiger partial charge in [-0.2, -0.15) is 9.90 Å². The quantitative estimate of drug-likeness (QED) is 0.474. The molecule has 4 aliphatic rings. The van der Waals surface area contributed by atoms with E-state index >= 15 is 0 Å². The monoisotopic (exact) mass is 443 g/mol. The number of anilines is 1. The molecule has 10 nitrogen and oxygen atoms in total. The number of rotatable bonds is 5. The minimum Gasteiger partial charge on any atom is -0.329 e. The molecule has 2 atom stereocenters. The number of nitrogens with one attached hydrogen (secondary N) is 3. The van der Waals surface area contributed by atoms with Gasteiger partial charge in [-0.1, -0.05) is 0 Å². The minimum atomic E-state index is -0.0812. The average Bonchev–Trinajstić information content (AvgIpc) is 3.36. The number of carbonyl (C=O) groups is 1. The van der Waals surface area contributed by atoms with Crippen LogP contribution in [0.3, 0.4) is 0 Å². The van der Waals surface area contributed by atoms with E-state index in [4.69, 9.17) is 12.2 Å². The molecule has 1 amide bonds.